The van der Waals surface area contributed by atoms with E-state index in [1.54, 1.807) is 38.9 Å². The Labute approximate surface area is 243 Å². The van der Waals surface area contributed by atoms with E-state index in [0.29, 0.717) is 28.6 Å². The van der Waals surface area contributed by atoms with Crippen molar-refractivity contribution >= 4 is 55.5 Å². The molecule has 1 aliphatic heterocycles. The second-order valence-corrected chi connectivity index (χ2v) is 11.0. The average molecular weight is 584 g/mol. The van der Waals surface area contributed by atoms with Gasteiger partial charge in [0.2, 0.25) is 5.88 Å². The Balaban J connectivity index is 1.16. The third-order valence-electron chi connectivity index (χ3n) is 7.04. The minimum atomic E-state index is -0.936. The number of nitrogens with zero attached hydrogens (tertiary/aromatic N) is 7. The average Bonchev–Trinajstić information content (AvgIpc) is 3.60. The monoisotopic (exact) mass is 583 g/mol. The zero-order valence-corrected chi connectivity index (χ0v) is 24.2. The van der Waals surface area contributed by atoms with Gasteiger partial charge in [-0.1, -0.05) is 0 Å². The molecule has 0 unspecified atom stereocenters. The van der Waals surface area contributed by atoms with Crippen molar-refractivity contribution < 1.29 is 23.7 Å². The van der Waals surface area contributed by atoms with Gasteiger partial charge < -0.3 is 23.5 Å². The first-order chi connectivity index (χ1) is 20.3. The van der Waals surface area contributed by atoms with Gasteiger partial charge in [0.15, 0.2) is 23.8 Å². The van der Waals surface area contributed by atoms with E-state index in [9.17, 15) is 4.79 Å². The summed E-state index contributed by atoms with van der Waals surface area (Å²) < 4.78 is 25.8. The highest BCUT2D eigenvalue weighted by molar-refractivity contribution is 7.22. The Hall–Kier alpha value is -5.04. The van der Waals surface area contributed by atoms with Gasteiger partial charge in [-0.15, -0.1) is 11.3 Å². The second-order valence-electron chi connectivity index (χ2n) is 10.0. The van der Waals surface area contributed by atoms with E-state index in [-0.39, 0.29) is 6.61 Å². The third kappa shape index (κ3) is 4.29. The summed E-state index contributed by atoms with van der Waals surface area (Å²) in [5.41, 5.74) is 7.02. The number of hydrogen-bond acceptors (Lipinski definition) is 11. The van der Waals surface area contributed by atoms with Crippen molar-refractivity contribution in [2.45, 2.75) is 20.1 Å². The summed E-state index contributed by atoms with van der Waals surface area (Å²) in [7, 11) is 5.03. The highest BCUT2D eigenvalue weighted by Crippen LogP contribution is 2.46. The molecule has 1 aliphatic rings. The van der Waals surface area contributed by atoms with Crippen LogP contribution in [0.25, 0.3) is 43.0 Å². The lowest BCUT2D eigenvalue weighted by atomic mass is 10.1. The molecule has 4 aromatic heterocycles. The van der Waals surface area contributed by atoms with E-state index < -0.39 is 12.4 Å². The van der Waals surface area contributed by atoms with Crippen LogP contribution < -0.4 is 19.1 Å². The minimum Gasteiger partial charge on any atom is -0.480 e. The smallest absolute Gasteiger partial charge is 0.417 e. The van der Waals surface area contributed by atoms with Gasteiger partial charge in [-0.25, -0.2) is 29.7 Å². The van der Waals surface area contributed by atoms with Gasteiger partial charge in [0.05, 0.1) is 48.1 Å². The fourth-order valence-corrected chi connectivity index (χ4v) is 6.05. The summed E-state index contributed by atoms with van der Waals surface area (Å²) in [6.07, 6.45) is 3.33. The first-order valence-electron chi connectivity index (χ1n) is 13.1. The van der Waals surface area contributed by atoms with Gasteiger partial charge in [0.1, 0.15) is 15.2 Å². The summed E-state index contributed by atoms with van der Waals surface area (Å²) in [5.74, 6) is 1.50. The fourth-order valence-electron chi connectivity index (χ4n) is 4.90. The van der Waals surface area contributed by atoms with Crippen LogP contribution in [-0.4, -0.2) is 62.6 Å². The molecule has 0 radical (unpaired) electrons. The molecule has 2 aromatic carbocycles. The van der Waals surface area contributed by atoms with Crippen LogP contribution in [0.2, 0.25) is 0 Å². The largest absolute Gasteiger partial charge is 0.480 e. The quantitative estimate of drug-likeness (QED) is 0.274. The number of methoxy groups -OCH3 is 1. The van der Waals surface area contributed by atoms with E-state index in [0.717, 1.165) is 48.6 Å². The van der Waals surface area contributed by atoms with Crippen LogP contribution in [0.5, 0.6) is 17.4 Å². The van der Waals surface area contributed by atoms with Crippen LogP contribution in [0.1, 0.15) is 11.1 Å². The third-order valence-corrected chi connectivity index (χ3v) is 8.13. The molecule has 7 rings (SSSR count). The molecular weight excluding hydrogens is 558 g/mol. The van der Waals surface area contributed by atoms with Crippen molar-refractivity contribution in [3.05, 3.63) is 54.1 Å². The molecule has 0 saturated carbocycles. The minimum absolute atomic E-state index is 0.0220. The SMILES string of the molecule is COc1cnc2c(-c3nc4c(C)cc5c(c4s3)OC[C@@H](OC(=O)N(C)c3cnc4c(c3)ncn4C)O5)cc(C)cc2n1. The number of carbonyl (C=O) groups is 1. The number of hydrogen-bond donors (Lipinski definition) is 0. The normalized spacial score (nSPS) is 14.5. The number of ether oxygens (including phenoxy) is 4. The van der Waals surface area contributed by atoms with Gasteiger partial charge in [0.25, 0.3) is 6.29 Å². The molecule has 13 heteroatoms. The molecule has 0 aliphatic carbocycles. The number of rotatable bonds is 4. The number of aromatic nitrogens is 6. The van der Waals surface area contributed by atoms with Crippen molar-refractivity contribution in [3.8, 4) is 28.0 Å². The molecule has 1 amide bonds. The van der Waals surface area contributed by atoms with E-state index in [4.69, 9.17) is 23.9 Å². The standard InChI is InChI=1S/C29H25N7O5S/c1-14-6-17(24-18(7-14)33-21(38-5)11-30-24)28-34-23-15(2)8-20-25(26(23)42-28)39-12-22(40-20)41-29(37)36(4)16-9-19-27(31-10-16)35(3)13-32-19/h6-11,13,22H,12H2,1-5H3/t22-/m1/s1. The number of fused-ring (bicyclic) bond motifs is 5. The summed E-state index contributed by atoms with van der Waals surface area (Å²) in [6.45, 7) is 3.99. The Bertz CT molecular complexity index is 2040. The topological polar surface area (TPSA) is 127 Å². The van der Waals surface area contributed by atoms with Gasteiger partial charge in [-0.2, -0.15) is 0 Å². The van der Waals surface area contributed by atoms with Crippen LogP contribution in [0, 0.1) is 13.8 Å². The lowest BCUT2D eigenvalue weighted by molar-refractivity contribution is -0.0718. The Morgan fingerprint density at radius 1 is 1.07 bits per heavy atom. The van der Waals surface area contributed by atoms with Gasteiger partial charge in [-0.3, -0.25) is 4.90 Å². The Kier molecular flexibility index (Phi) is 6.04. The lowest BCUT2D eigenvalue weighted by Gasteiger charge is -2.28. The van der Waals surface area contributed by atoms with Crippen molar-refractivity contribution in [1.82, 2.24) is 29.5 Å². The summed E-state index contributed by atoms with van der Waals surface area (Å²) in [6, 6.07) is 7.65. The molecule has 212 valence electrons. The molecule has 1 atom stereocenters. The first kappa shape index (κ1) is 25.9. The molecule has 6 aromatic rings. The maximum absolute atomic E-state index is 13.0. The van der Waals surface area contributed by atoms with Gasteiger partial charge >= 0.3 is 6.09 Å². The summed E-state index contributed by atoms with van der Waals surface area (Å²) in [5, 5.41) is 0.784. The van der Waals surface area contributed by atoms with Crippen molar-refractivity contribution in [1.29, 1.82) is 0 Å². The van der Waals surface area contributed by atoms with E-state index in [1.807, 2.05) is 43.7 Å². The van der Waals surface area contributed by atoms with E-state index >= 15 is 0 Å². The summed E-state index contributed by atoms with van der Waals surface area (Å²) in [4.78, 5) is 37.1. The van der Waals surface area contributed by atoms with Crippen molar-refractivity contribution in [2.75, 3.05) is 25.7 Å². The highest BCUT2D eigenvalue weighted by atomic mass is 32.1. The Morgan fingerprint density at radius 3 is 2.76 bits per heavy atom. The second kappa shape index (κ2) is 9.80. The highest BCUT2D eigenvalue weighted by Gasteiger charge is 2.30. The first-order valence-corrected chi connectivity index (χ1v) is 13.9. The van der Waals surface area contributed by atoms with Gasteiger partial charge in [0, 0.05) is 19.7 Å². The molecule has 42 heavy (non-hydrogen) atoms. The number of amides is 1. The maximum Gasteiger partial charge on any atom is 0.417 e. The van der Waals surface area contributed by atoms with Crippen LogP contribution >= 0.6 is 11.3 Å². The molecule has 12 nitrogen and oxygen atoms in total. The van der Waals surface area contributed by atoms with Crippen LogP contribution in [0.3, 0.4) is 0 Å². The molecule has 0 N–H and O–H groups in total. The van der Waals surface area contributed by atoms with Crippen LogP contribution in [-0.2, 0) is 11.8 Å². The number of thiazole rings is 1. The summed E-state index contributed by atoms with van der Waals surface area (Å²) >= 11 is 1.49. The molecule has 0 fully saturated rings. The molecule has 0 spiro atoms. The lowest BCUT2D eigenvalue weighted by Crippen LogP contribution is -2.38. The van der Waals surface area contributed by atoms with Crippen molar-refractivity contribution in [2.24, 2.45) is 7.05 Å². The van der Waals surface area contributed by atoms with Gasteiger partial charge in [-0.05, 0) is 49.2 Å². The Morgan fingerprint density at radius 2 is 1.93 bits per heavy atom. The molecular formula is C29H25N7O5S. The van der Waals surface area contributed by atoms with E-state index in [1.165, 1.54) is 16.2 Å². The van der Waals surface area contributed by atoms with E-state index in [2.05, 4.69) is 19.9 Å². The molecule has 5 heterocycles. The molecule has 0 saturated heterocycles. The molecule has 0 bridgehead atoms. The number of carbonyl (C=O) groups excluding carboxylic acids is 1. The van der Waals surface area contributed by atoms with Crippen LogP contribution in [0.4, 0.5) is 10.5 Å². The number of aryl methyl sites for hydroxylation is 3. The number of pyridine rings is 1. The number of imidazole rings is 1. The zero-order chi connectivity index (χ0) is 29.1. The number of benzene rings is 2. The zero-order valence-electron chi connectivity index (χ0n) is 23.4. The van der Waals surface area contributed by atoms with Crippen LogP contribution in [0.15, 0.2) is 43.0 Å². The fraction of sp³-hybridized carbons (Fsp3) is 0.241. The maximum atomic E-state index is 13.0. The predicted octanol–water partition coefficient (Wildman–Crippen LogP) is 5.18. The van der Waals surface area contributed by atoms with Crippen molar-refractivity contribution in [3.63, 3.8) is 0 Å². The number of anilines is 1. The predicted molar refractivity (Wildman–Crippen MR) is 157 cm³/mol.